The highest BCUT2D eigenvalue weighted by molar-refractivity contribution is 6.31. The Labute approximate surface area is 126 Å². The van der Waals surface area contributed by atoms with Gasteiger partial charge < -0.3 is 14.5 Å². The number of ether oxygens (including phenoxy) is 1. The third-order valence-corrected chi connectivity index (χ3v) is 3.15. The number of halogens is 1. The van der Waals surface area contributed by atoms with Crippen molar-refractivity contribution in [3.8, 4) is 0 Å². The molecule has 21 heavy (non-hydrogen) atoms. The van der Waals surface area contributed by atoms with Crippen LogP contribution in [0.5, 0.6) is 0 Å². The first-order valence-electron chi connectivity index (χ1n) is 6.32. The first kappa shape index (κ1) is 15.1. The van der Waals surface area contributed by atoms with E-state index in [0.717, 1.165) is 5.56 Å². The van der Waals surface area contributed by atoms with Crippen molar-refractivity contribution in [3.63, 3.8) is 0 Å². The van der Waals surface area contributed by atoms with Crippen molar-refractivity contribution in [2.45, 2.75) is 13.0 Å². The molecule has 0 aliphatic carbocycles. The van der Waals surface area contributed by atoms with E-state index in [4.69, 9.17) is 20.8 Å². The van der Waals surface area contributed by atoms with E-state index >= 15 is 0 Å². The lowest BCUT2D eigenvalue weighted by Gasteiger charge is -2.15. The number of amides is 1. The molecular formula is C15H14ClNO4. The summed E-state index contributed by atoms with van der Waals surface area (Å²) in [7, 11) is 0. The Morgan fingerprint density at radius 2 is 2.05 bits per heavy atom. The molecule has 0 saturated heterocycles. The molecule has 1 heterocycles. The van der Waals surface area contributed by atoms with Gasteiger partial charge in [-0.3, -0.25) is 4.79 Å². The third kappa shape index (κ3) is 4.10. The largest absolute Gasteiger partial charge is 0.457 e. The molecule has 1 aromatic heterocycles. The van der Waals surface area contributed by atoms with E-state index in [2.05, 4.69) is 5.32 Å². The van der Waals surface area contributed by atoms with Crippen molar-refractivity contribution >= 4 is 23.5 Å². The molecule has 1 atom stereocenters. The van der Waals surface area contributed by atoms with Crippen LogP contribution >= 0.6 is 11.6 Å². The molecule has 0 aliphatic heterocycles. The van der Waals surface area contributed by atoms with Gasteiger partial charge in [-0.2, -0.15) is 0 Å². The lowest BCUT2D eigenvalue weighted by molar-refractivity contribution is -0.124. The maximum Gasteiger partial charge on any atom is 0.374 e. The second-order valence-electron chi connectivity index (χ2n) is 4.36. The van der Waals surface area contributed by atoms with Gasteiger partial charge >= 0.3 is 5.97 Å². The normalized spacial score (nSPS) is 11.7. The van der Waals surface area contributed by atoms with Crippen molar-refractivity contribution in [1.82, 2.24) is 5.32 Å². The van der Waals surface area contributed by atoms with Gasteiger partial charge in [0.05, 0.1) is 12.3 Å². The zero-order valence-electron chi connectivity index (χ0n) is 11.3. The minimum Gasteiger partial charge on any atom is -0.457 e. The molecule has 2 rings (SSSR count). The van der Waals surface area contributed by atoms with E-state index in [1.807, 2.05) is 18.2 Å². The Balaban J connectivity index is 1.85. The van der Waals surface area contributed by atoms with Crippen LogP contribution in [0.1, 0.15) is 29.1 Å². The van der Waals surface area contributed by atoms with Crippen molar-refractivity contribution in [2.24, 2.45) is 0 Å². The Morgan fingerprint density at radius 3 is 2.71 bits per heavy atom. The average molecular weight is 308 g/mol. The number of esters is 1. The Kier molecular flexibility index (Phi) is 5.00. The molecule has 0 radical (unpaired) electrons. The Hall–Kier alpha value is -2.27. The molecule has 0 aliphatic rings. The van der Waals surface area contributed by atoms with Crippen LogP contribution in [0, 0.1) is 0 Å². The van der Waals surface area contributed by atoms with Crippen LogP contribution < -0.4 is 5.32 Å². The van der Waals surface area contributed by atoms with Crippen molar-refractivity contribution in [3.05, 3.63) is 59.0 Å². The fourth-order valence-electron chi connectivity index (χ4n) is 1.78. The summed E-state index contributed by atoms with van der Waals surface area (Å²) in [6.07, 6.45) is 1.36. The van der Waals surface area contributed by atoms with E-state index in [1.54, 1.807) is 19.1 Å². The van der Waals surface area contributed by atoms with Gasteiger partial charge in [-0.15, -0.1) is 0 Å². The summed E-state index contributed by atoms with van der Waals surface area (Å²) in [6.45, 7) is 1.42. The zero-order chi connectivity index (χ0) is 15.2. The Morgan fingerprint density at radius 1 is 1.29 bits per heavy atom. The molecule has 2 aromatic rings. The van der Waals surface area contributed by atoms with Crippen LogP contribution in [-0.2, 0) is 9.53 Å². The summed E-state index contributed by atoms with van der Waals surface area (Å²) >= 11 is 6.05. The lowest BCUT2D eigenvalue weighted by atomic mass is 10.1. The maximum absolute atomic E-state index is 11.8. The summed E-state index contributed by atoms with van der Waals surface area (Å²) in [4.78, 5) is 23.3. The standard InChI is InChI=1S/C15H14ClNO4/c1-10(11-5-2-3-6-12(11)16)17-14(18)9-21-15(19)13-7-4-8-20-13/h2-8,10H,9H2,1H3,(H,17,18)/t10-/m0/s1. The number of carbonyl (C=O) groups excluding carboxylic acids is 2. The van der Waals surface area contributed by atoms with Gasteiger partial charge in [-0.1, -0.05) is 29.8 Å². The summed E-state index contributed by atoms with van der Waals surface area (Å²) in [5, 5.41) is 3.27. The first-order chi connectivity index (χ1) is 10.1. The molecule has 1 N–H and O–H groups in total. The summed E-state index contributed by atoms with van der Waals surface area (Å²) in [6, 6.07) is 9.96. The van der Waals surface area contributed by atoms with Crippen molar-refractivity contribution in [1.29, 1.82) is 0 Å². The number of benzene rings is 1. The fourth-order valence-corrected chi connectivity index (χ4v) is 2.08. The molecule has 1 amide bonds. The number of furan rings is 1. The van der Waals surface area contributed by atoms with Crippen LogP contribution in [0.3, 0.4) is 0 Å². The van der Waals surface area contributed by atoms with Gasteiger partial charge in [-0.05, 0) is 30.7 Å². The lowest BCUT2D eigenvalue weighted by Crippen LogP contribution is -2.31. The molecular weight excluding hydrogens is 294 g/mol. The molecule has 0 fully saturated rings. The summed E-state index contributed by atoms with van der Waals surface area (Å²) < 4.78 is 9.71. The number of hydrogen-bond acceptors (Lipinski definition) is 4. The minimum atomic E-state index is -0.680. The van der Waals surface area contributed by atoms with Crippen molar-refractivity contribution in [2.75, 3.05) is 6.61 Å². The maximum atomic E-state index is 11.8. The monoisotopic (exact) mass is 307 g/mol. The van der Waals surface area contributed by atoms with Crippen LogP contribution in [0.25, 0.3) is 0 Å². The minimum absolute atomic E-state index is 0.0574. The third-order valence-electron chi connectivity index (χ3n) is 2.81. The highest BCUT2D eigenvalue weighted by Crippen LogP contribution is 2.21. The number of carbonyl (C=O) groups is 2. The zero-order valence-corrected chi connectivity index (χ0v) is 12.1. The summed E-state index contributed by atoms with van der Waals surface area (Å²) in [5.74, 6) is -1.04. The highest BCUT2D eigenvalue weighted by atomic mass is 35.5. The van der Waals surface area contributed by atoms with Gasteiger partial charge in [0.15, 0.2) is 6.61 Å². The van der Waals surface area contributed by atoms with Gasteiger partial charge in [0, 0.05) is 5.02 Å². The fraction of sp³-hybridized carbons (Fsp3) is 0.200. The van der Waals surface area contributed by atoms with Crippen LogP contribution in [-0.4, -0.2) is 18.5 Å². The van der Waals surface area contributed by atoms with E-state index in [1.165, 1.54) is 12.3 Å². The smallest absolute Gasteiger partial charge is 0.374 e. The molecule has 6 heteroatoms. The van der Waals surface area contributed by atoms with E-state index in [-0.39, 0.29) is 18.4 Å². The second kappa shape index (κ2) is 6.95. The number of nitrogens with one attached hydrogen (secondary N) is 1. The highest BCUT2D eigenvalue weighted by Gasteiger charge is 2.15. The second-order valence-corrected chi connectivity index (χ2v) is 4.77. The first-order valence-corrected chi connectivity index (χ1v) is 6.70. The van der Waals surface area contributed by atoms with E-state index < -0.39 is 11.9 Å². The molecule has 1 aromatic carbocycles. The van der Waals surface area contributed by atoms with Gasteiger partial charge in [0.25, 0.3) is 5.91 Å². The van der Waals surface area contributed by atoms with Gasteiger partial charge in [-0.25, -0.2) is 4.79 Å². The van der Waals surface area contributed by atoms with E-state index in [0.29, 0.717) is 5.02 Å². The molecule has 0 unspecified atom stereocenters. The SMILES string of the molecule is C[C@H](NC(=O)COC(=O)c1ccco1)c1ccccc1Cl. The summed E-state index contributed by atoms with van der Waals surface area (Å²) in [5.41, 5.74) is 0.796. The van der Waals surface area contributed by atoms with Crippen LogP contribution in [0.4, 0.5) is 0 Å². The molecule has 0 bridgehead atoms. The van der Waals surface area contributed by atoms with Crippen molar-refractivity contribution < 1.29 is 18.7 Å². The molecule has 0 spiro atoms. The topological polar surface area (TPSA) is 68.5 Å². The number of hydrogen-bond donors (Lipinski definition) is 1. The quantitative estimate of drug-likeness (QED) is 0.862. The van der Waals surface area contributed by atoms with Crippen LogP contribution in [0.15, 0.2) is 47.1 Å². The van der Waals surface area contributed by atoms with Gasteiger partial charge in [0.2, 0.25) is 5.76 Å². The van der Waals surface area contributed by atoms with E-state index in [9.17, 15) is 9.59 Å². The molecule has 5 nitrogen and oxygen atoms in total. The molecule has 0 saturated carbocycles. The van der Waals surface area contributed by atoms with Gasteiger partial charge in [0.1, 0.15) is 0 Å². The predicted octanol–water partition coefficient (Wildman–Crippen LogP) is 2.97. The Bertz CT molecular complexity index is 624. The van der Waals surface area contributed by atoms with Crippen LogP contribution in [0.2, 0.25) is 5.02 Å². The number of rotatable bonds is 5. The predicted molar refractivity (Wildman–Crippen MR) is 77.0 cm³/mol. The average Bonchev–Trinajstić information content (AvgIpc) is 2.99. The molecule has 110 valence electrons.